The first-order valence-corrected chi connectivity index (χ1v) is 12.0. The van der Waals surface area contributed by atoms with E-state index in [9.17, 15) is 4.79 Å². The van der Waals surface area contributed by atoms with Crippen molar-refractivity contribution in [2.75, 3.05) is 26.2 Å². The Balaban J connectivity index is 1.10. The second-order valence-corrected chi connectivity index (χ2v) is 9.25. The Hall–Kier alpha value is -2.11. The number of nitrogens with zero attached hydrogens (tertiary/aromatic N) is 2. The Bertz CT molecular complexity index is 811. The van der Waals surface area contributed by atoms with Crippen LogP contribution in [0.15, 0.2) is 46.9 Å². The fraction of sp³-hybridized carbons (Fsp3) is 0.577. The second-order valence-electron chi connectivity index (χ2n) is 9.25. The van der Waals surface area contributed by atoms with Crippen molar-refractivity contribution in [1.29, 1.82) is 0 Å². The maximum atomic E-state index is 12.5. The number of hydrogen-bond acceptors (Lipinski definition) is 4. The molecule has 0 aliphatic carbocycles. The van der Waals surface area contributed by atoms with Gasteiger partial charge >= 0.3 is 0 Å². The van der Waals surface area contributed by atoms with E-state index in [-0.39, 0.29) is 5.91 Å². The summed E-state index contributed by atoms with van der Waals surface area (Å²) in [6.07, 6.45) is 6.06. The van der Waals surface area contributed by atoms with Gasteiger partial charge in [0.15, 0.2) is 0 Å². The zero-order chi connectivity index (χ0) is 21.5. The third kappa shape index (κ3) is 6.68. The normalized spacial score (nSPS) is 20.9. The molecule has 5 nitrogen and oxygen atoms in total. The van der Waals surface area contributed by atoms with Crippen molar-refractivity contribution >= 4 is 5.91 Å². The molecule has 1 atom stereocenters. The van der Waals surface area contributed by atoms with Crippen molar-refractivity contribution in [3.05, 3.63) is 59.5 Å². The molecule has 2 aliphatic heterocycles. The molecule has 168 valence electrons. The van der Waals surface area contributed by atoms with E-state index in [1.165, 1.54) is 18.4 Å². The van der Waals surface area contributed by atoms with Crippen LogP contribution in [0.4, 0.5) is 0 Å². The van der Waals surface area contributed by atoms with E-state index < -0.39 is 0 Å². The minimum Gasteiger partial charge on any atom is -0.465 e. The highest BCUT2D eigenvalue weighted by Crippen LogP contribution is 2.24. The van der Waals surface area contributed by atoms with Gasteiger partial charge in [-0.15, -0.1) is 0 Å². The lowest BCUT2D eigenvalue weighted by molar-refractivity contribution is -0.122. The van der Waals surface area contributed by atoms with Crippen molar-refractivity contribution in [1.82, 2.24) is 15.1 Å². The number of amides is 1. The van der Waals surface area contributed by atoms with E-state index in [1.54, 1.807) is 0 Å². The highest BCUT2D eigenvalue weighted by molar-refractivity contribution is 5.76. The van der Waals surface area contributed by atoms with E-state index in [0.29, 0.717) is 18.4 Å². The van der Waals surface area contributed by atoms with Crippen LogP contribution < -0.4 is 5.32 Å². The van der Waals surface area contributed by atoms with Crippen LogP contribution in [0.25, 0.3) is 0 Å². The first-order valence-electron chi connectivity index (χ1n) is 12.0. The van der Waals surface area contributed by atoms with Gasteiger partial charge < -0.3 is 9.73 Å². The summed E-state index contributed by atoms with van der Waals surface area (Å²) >= 11 is 0. The number of carbonyl (C=O) groups excluding carboxylic acids is 1. The molecule has 0 saturated carbocycles. The smallest absolute Gasteiger partial charge is 0.220 e. The van der Waals surface area contributed by atoms with Crippen molar-refractivity contribution < 1.29 is 9.21 Å². The van der Waals surface area contributed by atoms with Crippen LogP contribution in [-0.4, -0.2) is 47.9 Å². The molecule has 0 radical (unpaired) electrons. The van der Waals surface area contributed by atoms with Crippen LogP contribution in [0.1, 0.15) is 56.1 Å². The monoisotopic (exact) mass is 423 g/mol. The van der Waals surface area contributed by atoms with Crippen molar-refractivity contribution in [2.45, 2.75) is 64.6 Å². The largest absolute Gasteiger partial charge is 0.465 e. The molecule has 0 bridgehead atoms. The molecular formula is C26H37N3O2. The number of benzene rings is 1. The number of piperidine rings is 1. The van der Waals surface area contributed by atoms with E-state index >= 15 is 0 Å². The number of carbonyl (C=O) groups is 1. The summed E-state index contributed by atoms with van der Waals surface area (Å²) in [5.74, 6) is 3.05. The molecule has 31 heavy (non-hydrogen) atoms. The third-order valence-corrected chi connectivity index (χ3v) is 6.82. The number of nitrogens with one attached hydrogen (secondary N) is 1. The van der Waals surface area contributed by atoms with Gasteiger partial charge in [-0.05, 0) is 62.4 Å². The summed E-state index contributed by atoms with van der Waals surface area (Å²) in [6, 6.07) is 15.1. The molecule has 5 heteroatoms. The fourth-order valence-electron chi connectivity index (χ4n) is 4.92. The molecule has 2 aliphatic rings. The zero-order valence-corrected chi connectivity index (χ0v) is 18.9. The highest BCUT2D eigenvalue weighted by atomic mass is 16.3. The highest BCUT2D eigenvalue weighted by Gasteiger charge is 2.25. The predicted molar refractivity (Wildman–Crippen MR) is 124 cm³/mol. The van der Waals surface area contributed by atoms with Gasteiger partial charge in [0.05, 0.1) is 6.54 Å². The summed E-state index contributed by atoms with van der Waals surface area (Å²) in [5.41, 5.74) is 1.35. The van der Waals surface area contributed by atoms with Crippen LogP contribution >= 0.6 is 0 Å². The van der Waals surface area contributed by atoms with Gasteiger partial charge in [-0.25, -0.2) is 0 Å². The lowest BCUT2D eigenvalue weighted by Crippen LogP contribution is -2.37. The van der Waals surface area contributed by atoms with Gasteiger partial charge in [-0.3, -0.25) is 14.6 Å². The van der Waals surface area contributed by atoms with Gasteiger partial charge in [0, 0.05) is 38.5 Å². The SMILES string of the molecule is CCc1ccc(CN2CCC(CCC(=O)NC3CCN(Cc4ccccc4)C3)CC2)o1. The summed E-state index contributed by atoms with van der Waals surface area (Å²) in [6.45, 7) is 8.24. The predicted octanol–water partition coefficient (Wildman–Crippen LogP) is 4.22. The average molecular weight is 424 g/mol. The molecule has 1 amide bonds. The number of aryl methyl sites for hydroxylation is 1. The Morgan fingerprint density at radius 1 is 0.968 bits per heavy atom. The van der Waals surface area contributed by atoms with E-state index in [0.717, 1.165) is 70.1 Å². The maximum absolute atomic E-state index is 12.5. The van der Waals surface area contributed by atoms with Crippen LogP contribution in [0, 0.1) is 5.92 Å². The topological polar surface area (TPSA) is 48.7 Å². The van der Waals surface area contributed by atoms with Crippen LogP contribution in [0.5, 0.6) is 0 Å². The van der Waals surface area contributed by atoms with Gasteiger partial charge in [-0.2, -0.15) is 0 Å². The molecule has 1 N–H and O–H groups in total. The molecule has 2 aromatic rings. The molecule has 4 rings (SSSR count). The summed E-state index contributed by atoms with van der Waals surface area (Å²) < 4.78 is 5.85. The van der Waals surface area contributed by atoms with Gasteiger partial charge in [0.25, 0.3) is 0 Å². The fourth-order valence-corrected chi connectivity index (χ4v) is 4.92. The third-order valence-electron chi connectivity index (χ3n) is 6.82. The lowest BCUT2D eigenvalue weighted by Gasteiger charge is -2.31. The van der Waals surface area contributed by atoms with Gasteiger partial charge in [0.2, 0.25) is 5.91 Å². The van der Waals surface area contributed by atoms with Crippen LogP contribution in [0.3, 0.4) is 0 Å². The van der Waals surface area contributed by atoms with E-state index in [2.05, 4.69) is 64.5 Å². The van der Waals surface area contributed by atoms with Crippen molar-refractivity contribution in [2.24, 2.45) is 5.92 Å². The first-order chi connectivity index (χ1) is 15.2. The molecular weight excluding hydrogens is 386 g/mol. The Morgan fingerprint density at radius 3 is 2.45 bits per heavy atom. The van der Waals surface area contributed by atoms with Crippen LogP contribution in [0.2, 0.25) is 0 Å². The standard InChI is InChI=1S/C26H37N3O2/c1-2-24-9-10-25(31-24)20-28-15-12-21(13-16-28)8-11-26(30)27-23-14-17-29(19-23)18-22-6-4-3-5-7-22/h3-7,9-10,21,23H,2,8,11-20H2,1H3,(H,27,30). The molecule has 1 aromatic carbocycles. The average Bonchev–Trinajstić information content (AvgIpc) is 3.43. The first kappa shape index (κ1) is 22.1. The maximum Gasteiger partial charge on any atom is 0.220 e. The molecule has 1 aromatic heterocycles. The molecule has 3 heterocycles. The second kappa shape index (κ2) is 11.0. The minimum atomic E-state index is 0.233. The minimum absolute atomic E-state index is 0.233. The zero-order valence-electron chi connectivity index (χ0n) is 18.9. The Morgan fingerprint density at radius 2 is 1.71 bits per heavy atom. The summed E-state index contributed by atoms with van der Waals surface area (Å²) in [7, 11) is 0. The number of hydrogen-bond donors (Lipinski definition) is 1. The summed E-state index contributed by atoms with van der Waals surface area (Å²) in [5, 5.41) is 3.28. The quantitative estimate of drug-likeness (QED) is 0.656. The molecule has 0 spiro atoms. The number of furan rings is 1. The Labute approximate surface area is 186 Å². The van der Waals surface area contributed by atoms with Gasteiger partial charge in [-0.1, -0.05) is 37.3 Å². The van der Waals surface area contributed by atoms with Crippen molar-refractivity contribution in [3.63, 3.8) is 0 Å². The number of likely N-dealkylation sites (tertiary alicyclic amines) is 2. The van der Waals surface area contributed by atoms with Crippen molar-refractivity contribution in [3.8, 4) is 0 Å². The summed E-state index contributed by atoms with van der Waals surface area (Å²) in [4.78, 5) is 17.4. The van der Waals surface area contributed by atoms with E-state index in [4.69, 9.17) is 4.42 Å². The van der Waals surface area contributed by atoms with Gasteiger partial charge in [0.1, 0.15) is 11.5 Å². The van der Waals surface area contributed by atoms with E-state index in [1.807, 2.05) is 0 Å². The van der Waals surface area contributed by atoms with Crippen LogP contribution in [-0.2, 0) is 24.3 Å². The lowest BCUT2D eigenvalue weighted by atomic mass is 9.92. The molecule has 1 unspecified atom stereocenters. The number of rotatable bonds is 9. The molecule has 2 fully saturated rings. The molecule has 2 saturated heterocycles. The Kier molecular flexibility index (Phi) is 7.81.